The third-order valence-corrected chi connectivity index (χ3v) is 10.0. The average Bonchev–Trinajstić information content (AvgIpc) is 3.59. The van der Waals surface area contributed by atoms with Crippen LogP contribution in [0.3, 0.4) is 0 Å². The minimum atomic E-state index is -1.53. The molecular weight excluding hydrogens is 595 g/mol. The van der Waals surface area contributed by atoms with Crippen molar-refractivity contribution < 1.29 is 33.0 Å². The van der Waals surface area contributed by atoms with Crippen LogP contribution < -0.4 is 15.4 Å². The largest absolute Gasteiger partial charge is 0.472 e. The molecule has 13 heteroatoms. The molecule has 1 aromatic heterocycles. The lowest BCUT2D eigenvalue weighted by atomic mass is 9.70. The van der Waals surface area contributed by atoms with E-state index in [1.807, 2.05) is 27.7 Å². The number of unbranched alkanes of at least 4 members (excludes halogenated alkanes) is 2. The first kappa shape index (κ1) is 33.4. The lowest BCUT2D eigenvalue weighted by Gasteiger charge is -2.40. The Labute approximate surface area is 269 Å². The molecular formula is C33H45FN6O6. The van der Waals surface area contributed by atoms with Crippen molar-refractivity contribution in [3.8, 4) is 11.8 Å². The highest BCUT2D eigenvalue weighted by atomic mass is 19.1. The van der Waals surface area contributed by atoms with Crippen LogP contribution in [0.1, 0.15) is 73.1 Å². The molecule has 12 nitrogen and oxygen atoms in total. The maximum Gasteiger partial charge on any atom is 0.407 e. The van der Waals surface area contributed by atoms with Gasteiger partial charge in [-0.3, -0.25) is 14.4 Å². The first-order valence-corrected chi connectivity index (χ1v) is 16.3. The Kier molecular flexibility index (Phi) is 9.47. The van der Waals surface area contributed by atoms with Gasteiger partial charge in [0.1, 0.15) is 24.3 Å². The minimum absolute atomic E-state index is 0.0818. The van der Waals surface area contributed by atoms with Gasteiger partial charge in [-0.2, -0.15) is 5.26 Å². The molecule has 1 spiro atoms. The molecule has 0 aromatic carbocycles. The van der Waals surface area contributed by atoms with Crippen LogP contribution in [0.4, 0.5) is 15.0 Å². The number of aromatic nitrogens is 1. The molecule has 2 N–H and O–H groups in total. The molecule has 8 atom stereocenters. The Morgan fingerprint density at radius 2 is 2.04 bits per heavy atom. The molecule has 46 heavy (non-hydrogen) atoms. The predicted octanol–water partition coefficient (Wildman–Crippen LogP) is 3.82. The van der Waals surface area contributed by atoms with Crippen LogP contribution >= 0.6 is 0 Å². The van der Waals surface area contributed by atoms with Gasteiger partial charge in [0.15, 0.2) is 11.6 Å². The third kappa shape index (κ3) is 6.22. The Bertz CT molecular complexity index is 1400. The van der Waals surface area contributed by atoms with E-state index in [-0.39, 0.29) is 37.9 Å². The highest BCUT2D eigenvalue weighted by Crippen LogP contribution is 2.47. The summed E-state index contributed by atoms with van der Waals surface area (Å²) in [5.74, 6) is -2.13. The van der Waals surface area contributed by atoms with Crippen molar-refractivity contribution in [2.24, 2.45) is 23.2 Å². The number of carbonyl (C=O) groups is 4. The Morgan fingerprint density at radius 3 is 2.74 bits per heavy atom. The number of alkyl carbamates (subject to hydrolysis) is 1. The second kappa shape index (κ2) is 13.0. The molecule has 4 heterocycles. The number of ether oxygens (including phenoxy) is 2. The molecule has 2 saturated heterocycles. The molecule has 3 fully saturated rings. The van der Waals surface area contributed by atoms with E-state index in [1.165, 1.54) is 16.0 Å². The number of nitrogens with one attached hydrogen (secondary N) is 2. The van der Waals surface area contributed by atoms with Gasteiger partial charge in [0.25, 0.3) is 5.91 Å². The van der Waals surface area contributed by atoms with Crippen LogP contribution in [0.5, 0.6) is 5.75 Å². The van der Waals surface area contributed by atoms with Crippen LogP contribution in [0.25, 0.3) is 0 Å². The number of carbonyl (C=O) groups excluding carboxylic acids is 4. The fourth-order valence-electron chi connectivity index (χ4n) is 7.52. The number of hydrogen-bond acceptors (Lipinski definition) is 8. The first-order chi connectivity index (χ1) is 21.8. The summed E-state index contributed by atoms with van der Waals surface area (Å²) in [6.45, 7) is 9.45. The molecule has 1 aliphatic carbocycles. The van der Waals surface area contributed by atoms with E-state index in [2.05, 4.69) is 21.7 Å². The van der Waals surface area contributed by atoms with Gasteiger partial charge in [0.2, 0.25) is 17.4 Å². The standard InChI is InChI=1S/C33H45FN6O6/c1-6-7-8-14-45-31(44)37-26(32(3,4)5)29(42)39-17-20-11-12-22(34)19(2)24(20)25(39)28(41)40-18-33(15-21(40)16-35)30(43)38-27-23(46-33)10-9-13-36-27/h9-10,13,19-22,24-26H,6-8,11-12,14-15,17-18H2,1-5H3,(H,37,44)(H,36,38,43)/t19-,20+,21+,22-,24+,25+,26-,33-/m1/s1. The molecule has 1 aromatic rings. The van der Waals surface area contributed by atoms with Crippen molar-refractivity contribution in [2.45, 2.75) is 103 Å². The lowest BCUT2D eigenvalue weighted by molar-refractivity contribution is -0.149. The molecule has 4 amide bonds. The summed E-state index contributed by atoms with van der Waals surface area (Å²) in [4.78, 5) is 62.2. The second-order valence-electron chi connectivity index (χ2n) is 14.2. The van der Waals surface area contributed by atoms with Gasteiger partial charge in [-0.05, 0) is 54.6 Å². The number of anilines is 1. The summed E-state index contributed by atoms with van der Waals surface area (Å²) < 4.78 is 26.7. The van der Waals surface area contributed by atoms with E-state index in [4.69, 9.17) is 9.47 Å². The smallest absolute Gasteiger partial charge is 0.407 e. The summed E-state index contributed by atoms with van der Waals surface area (Å²) in [5, 5.41) is 15.7. The van der Waals surface area contributed by atoms with E-state index >= 15 is 4.39 Å². The Hall–Kier alpha value is -3.95. The molecule has 0 radical (unpaired) electrons. The van der Waals surface area contributed by atoms with Crippen molar-refractivity contribution in [3.05, 3.63) is 18.3 Å². The predicted molar refractivity (Wildman–Crippen MR) is 165 cm³/mol. The van der Waals surface area contributed by atoms with E-state index in [9.17, 15) is 24.4 Å². The molecule has 3 aliphatic heterocycles. The zero-order valence-corrected chi connectivity index (χ0v) is 27.3. The summed E-state index contributed by atoms with van der Waals surface area (Å²) in [6.07, 6.45) is 2.95. The summed E-state index contributed by atoms with van der Waals surface area (Å²) >= 11 is 0. The number of nitriles is 1. The summed E-state index contributed by atoms with van der Waals surface area (Å²) in [7, 11) is 0. The van der Waals surface area contributed by atoms with Crippen LogP contribution in [0, 0.1) is 34.5 Å². The van der Waals surface area contributed by atoms with Crippen LogP contribution in [0.2, 0.25) is 0 Å². The number of nitrogens with zero attached hydrogens (tertiary/aromatic N) is 4. The lowest BCUT2D eigenvalue weighted by Crippen LogP contribution is -2.60. The van der Waals surface area contributed by atoms with Crippen LogP contribution in [-0.2, 0) is 19.1 Å². The van der Waals surface area contributed by atoms with Crippen molar-refractivity contribution >= 4 is 29.6 Å². The number of alkyl halides is 1. The monoisotopic (exact) mass is 640 g/mol. The SMILES string of the molecule is CCCCCOC(=O)N[C@H](C(=O)N1C[C@@H]2CC[C@@H](F)[C@@H](C)[C@@H]2[C@H]1C(=O)N1C[C@@]2(C[C@H]1C#N)Oc1cccnc1NC2=O)C(C)(C)C. The molecule has 0 unspecified atom stereocenters. The fraction of sp³-hybridized carbons (Fsp3) is 0.697. The number of likely N-dealkylation sites (tertiary alicyclic amines) is 2. The topological polar surface area (TPSA) is 154 Å². The maximum atomic E-state index is 15.2. The second-order valence-corrected chi connectivity index (χ2v) is 14.2. The zero-order chi connectivity index (χ0) is 33.4. The van der Waals surface area contributed by atoms with E-state index in [1.54, 1.807) is 19.1 Å². The van der Waals surface area contributed by atoms with Gasteiger partial charge in [0, 0.05) is 19.2 Å². The number of halogens is 1. The first-order valence-electron chi connectivity index (χ1n) is 16.3. The normalized spacial score (nSPS) is 30.8. The number of fused-ring (bicyclic) bond motifs is 2. The van der Waals surface area contributed by atoms with E-state index in [0.717, 1.165) is 12.8 Å². The zero-order valence-electron chi connectivity index (χ0n) is 27.3. The fourth-order valence-corrected chi connectivity index (χ4v) is 7.52. The van der Waals surface area contributed by atoms with Gasteiger partial charge in [-0.1, -0.05) is 47.5 Å². The molecule has 1 saturated carbocycles. The van der Waals surface area contributed by atoms with Crippen molar-refractivity contribution in [1.82, 2.24) is 20.1 Å². The van der Waals surface area contributed by atoms with Gasteiger partial charge in [0.05, 0.1) is 19.2 Å². The number of hydrogen-bond donors (Lipinski definition) is 2. The van der Waals surface area contributed by atoms with Crippen molar-refractivity contribution in [3.63, 3.8) is 0 Å². The molecule has 0 bridgehead atoms. The van der Waals surface area contributed by atoms with Gasteiger partial charge in [-0.25, -0.2) is 14.2 Å². The summed E-state index contributed by atoms with van der Waals surface area (Å²) in [5.41, 5.74) is -2.28. The average molecular weight is 641 g/mol. The van der Waals surface area contributed by atoms with Gasteiger partial charge >= 0.3 is 6.09 Å². The van der Waals surface area contributed by atoms with Crippen LogP contribution in [0.15, 0.2) is 18.3 Å². The van der Waals surface area contributed by atoms with Gasteiger partial charge in [-0.15, -0.1) is 0 Å². The highest BCUT2D eigenvalue weighted by Gasteiger charge is 2.60. The molecule has 5 rings (SSSR count). The minimum Gasteiger partial charge on any atom is -0.472 e. The van der Waals surface area contributed by atoms with Crippen molar-refractivity contribution in [2.75, 3.05) is 25.0 Å². The van der Waals surface area contributed by atoms with E-state index < -0.39 is 71.0 Å². The molecule has 250 valence electrons. The maximum absolute atomic E-state index is 15.2. The van der Waals surface area contributed by atoms with Gasteiger partial charge < -0.3 is 29.9 Å². The quantitative estimate of drug-likeness (QED) is 0.427. The number of pyridine rings is 1. The Balaban J connectivity index is 1.45. The summed E-state index contributed by atoms with van der Waals surface area (Å²) in [6, 6.07) is 2.30. The Morgan fingerprint density at radius 1 is 1.28 bits per heavy atom. The van der Waals surface area contributed by atoms with E-state index in [0.29, 0.717) is 25.0 Å². The highest BCUT2D eigenvalue weighted by molar-refractivity contribution is 6.01. The number of rotatable bonds is 7. The van der Waals surface area contributed by atoms with Crippen molar-refractivity contribution in [1.29, 1.82) is 5.26 Å². The number of amides is 4. The van der Waals surface area contributed by atoms with Crippen LogP contribution in [-0.4, -0.2) is 88.2 Å². The third-order valence-electron chi connectivity index (χ3n) is 10.0. The molecule has 4 aliphatic rings.